The Morgan fingerprint density at radius 1 is 1.36 bits per heavy atom. The van der Waals surface area contributed by atoms with E-state index in [-0.39, 0.29) is 30.5 Å². The van der Waals surface area contributed by atoms with Gasteiger partial charge in [0, 0.05) is 30.1 Å². The van der Waals surface area contributed by atoms with Gasteiger partial charge in [0.15, 0.2) is 23.4 Å². The number of hydrogen-bond donors (Lipinski definition) is 2. The minimum Gasteiger partial charge on any atom is -0.504 e. The lowest BCUT2D eigenvalue weighted by molar-refractivity contribution is -0.188. The summed E-state index contributed by atoms with van der Waals surface area (Å²) in [7, 11) is 0. The monoisotopic (exact) mass is 345 g/mol. The number of phenolic OH excluding ortho intramolecular Hbond substituents is 1. The van der Waals surface area contributed by atoms with Crippen LogP contribution in [0, 0.1) is 5.92 Å². The molecule has 2 N–H and O–H groups in total. The summed E-state index contributed by atoms with van der Waals surface area (Å²) in [5.41, 5.74) is -0.418. The predicted octanol–water partition coefficient (Wildman–Crippen LogP) is 1.53. The van der Waals surface area contributed by atoms with Gasteiger partial charge in [-0.3, -0.25) is 9.69 Å². The summed E-state index contributed by atoms with van der Waals surface area (Å²) in [6, 6.07) is 3.05. The van der Waals surface area contributed by atoms with Crippen molar-refractivity contribution in [3.63, 3.8) is 0 Å². The van der Waals surface area contributed by atoms with E-state index in [4.69, 9.17) is 10.2 Å². The van der Waals surface area contributed by atoms with Gasteiger partial charge in [0.1, 0.15) is 0 Å². The third kappa shape index (κ3) is 1.56. The van der Waals surface area contributed by atoms with Crippen molar-refractivity contribution in [3.8, 4) is 11.5 Å². The molecule has 2 heterocycles. The number of Topliss-reactive ketones (excluding diaryl/α,β-unsaturated/α-hetero) is 1. The molecule has 5 aliphatic rings. The van der Waals surface area contributed by atoms with Crippen LogP contribution in [0.15, 0.2) is 12.1 Å². The highest BCUT2D eigenvalue weighted by molar-refractivity contribution is 5.90. The number of ether oxygens (including phenoxy) is 1. The second kappa shape index (κ2) is 4.38. The molecule has 1 saturated heterocycles. The van der Waals surface area contributed by atoms with E-state index < -0.39 is 35.8 Å². The number of nitrogens with zero attached hydrogens (tertiary/aromatic N) is 1. The van der Waals surface area contributed by atoms with Gasteiger partial charge in [-0.1, -0.05) is 6.07 Å². The highest BCUT2D eigenvalue weighted by atomic mass is 16.5. The lowest BCUT2D eigenvalue weighted by Gasteiger charge is -2.62. The standard InChI is InChI=1S/C20H23NO4/c22-13-4-3-12-9-15-20(24)6-5-14(23)18-19(20,16(12)17(13)25-18)7-8-21(15)10-11-1-2-11/h3-4,11,15,18,22,24H,1-2,5-10H2/t15-,18+,19+,20-/m1/s1/i1D2,2D2. The van der Waals surface area contributed by atoms with E-state index in [2.05, 4.69) is 0 Å². The Labute approximate surface area is 152 Å². The van der Waals surface area contributed by atoms with E-state index in [1.54, 1.807) is 6.07 Å². The fourth-order valence-electron chi connectivity index (χ4n) is 6.02. The number of hydrogen-bond acceptors (Lipinski definition) is 5. The van der Waals surface area contributed by atoms with Crippen LogP contribution >= 0.6 is 0 Å². The first-order valence-electron chi connectivity index (χ1n) is 11.1. The molecular weight excluding hydrogens is 318 g/mol. The van der Waals surface area contributed by atoms with Gasteiger partial charge in [0.2, 0.25) is 0 Å². The predicted molar refractivity (Wildman–Crippen MR) is 89.8 cm³/mol. The molecule has 1 aromatic carbocycles. The number of benzene rings is 1. The van der Waals surface area contributed by atoms with Crippen LogP contribution in [0.1, 0.15) is 48.6 Å². The summed E-state index contributed by atoms with van der Waals surface area (Å²) in [5, 5.41) is 22.4. The molecule has 1 spiro atoms. The zero-order chi connectivity index (χ0) is 20.6. The fourth-order valence-corrected chi connectivity index (χ4v) is 6.02. The van der Waals surface area contributed by atoms with E-state index in [1.807, 2.05) is 11.0 Å². The van der Waals surface area contributed by atoms with Gasteiger partial charge in [-0.15, -0.1) is 0 Å². The number of carbonyl (C=O) groups excluding carboxylic acids is 1. The molecule has 4 atom stereocenters. The summed E-state index contributed by atoms with van der Waals surface area (Å²) >= 11 is 0. The smallest absolute Gasteiger partial charge is 0.174 e. The molecule has 0 amide bonds. The molecule has 0 radical (unpaired) electrons. The molecule has 1 aromatic rings. The SMILES string of the molecule is [2H]C1([2H])C(CN2CC[C@]34c5c6ccc(O)c5O[C@H]3C(=O)CC[C@@]4(O)[C@H]2C6)C1([2H])[2H]. The Balaban J connectivity index is 1.47. The lowest BCUT2D eigenvalue weighted by atomic mass is 9.49. The Morgan fingerprint density at radius 3 is 3.00 bits per heavy atom. The molecule has 3 aliphatic carbocycles. The van der Waals surface area contributed by atoms with Crippen molar-refractivity contribution in [3.05, 3.63) is 23.3 Å². The molecule has 2 saturated carbocycles. The molecule has 6 rings (SSSR count). The van der Waals surface area contributed by atoms with Crippen LogP contribution in [0.25, 0.3) is 0 Å². The van der Waals surface area contributed by atoms with Crippen molar-refractivity contribution < 1.29 is 25.2 Å². The van der Waals surface area contributed by atoms with Gasteiger partial charge in [0.05, 0.1) is 11.0 Å². The molecule has 25 heavy (non-hydrogen) atoms. The Kier molecular flexibility index (Phi) is 1.96. The van der Waals surface area contributed by atoms with Crippen molar-refractivity contribution >= 4 is 5.78 Å². The van der Waals surface area contributed by atoms with Crippen LogP contribution < -0.4 is 4.74 Å². The third-order valence-electron chi connectivity index (χ3n) is 7.13. The molecule has 132 valence electrons. The van der Waals surface area contributed by atoms with Crippen molar-refractivity contribution in [1.82, 2.24) is 4.90 Å². The second-order valence-electron chi connectivity index (χ2n) is 8.11. The summed E-state index contributed by atoms with van der Waals surface area (Å²) in [5.74, 6) is -0.476. The molecule has 5 heteroatoms. The maximum absolute atomic E-state index is 12.8. The maximum atomic E-state index is 12.8. The largest absolute Gasteiger partial charge is 0.504 e. The summed E-state index contributed by atoms with van der Waals surface area (Å²) in [4.78, 5) is 14.8. The lowest BCUT2D eigenvalue weighted by Crippen LogP contribution is -2.76. The zero-order valence-corrected chi connectivity index (χ0v) is 13.8. The summed E-state index contributed by atoms with van der Waals surface area (Å²) < 4.78 is 37.8. The van der Waals surface area contributed by atoms with Gasteiger partial charge in [0.25, 0.3) is 0 Å². The van der Waals surface area contributed by atoms with Crippen molar-refractivity contribution in [2.75, 3.05) is 13.1 Å². The molecular formula is C20H23NO4. The Hall–Kier alpha value is -1.59. The van der Waals surface area contributed by atoms with E-state index in [0.717, 1.165) is 11.1 Å². The van der Waals surface area contributed by atoms with E-state index in [9.17, 15) is 15.0 Å². The van der Waals surface area contributed by atoms with Crippen LogP contribution in [-0.2, 0) is 16.6 Å². The highest BCUT2D eigenvalue weighted by Crippen LogP contribution is 2.64. The highest BCUT2D eigenvalue weighted by Gasteiger charge is 2.73. The maximum Gasteiger partial charge on any atom is 0.174 e. The van der Waals surface area contributed by atoms with E-state index >= 15 is 0 Å². The molecule has 3 fully saturated rings. The topological polar surface area (TPSA) is 70.0 Å². The number of ketones is 1. The first-order chi connectivity index (χ1) is 13.6. The van der Waals surface area contributed by atoms with Crippen LogP contribution in [0.2, 0.25) is 0 Å². The first kappa shape index (κ1) is 11.2. The molecule has 5 nitrogen and oxygen atoms in total. The van der Waals surface area contributed by atoms with Crippen molar-refractivity contribution in [2.24, 2.45) is 5.92 Å². The summed E-state index contributed by atoms with van der Waals surface area (Å²) in [6.45, 7) is 0.764. The number of aliphatic hydroxyl groups is 1. The number of carbonyl (C=O) groups is 1. The van der Waals surface area contributed by atoms with Gasteiger partial charge in [-0.05, 0) is 56.1 Å². The van der Waals surface area contributed by atoms with Crippen LogP contribution in [0.3, 0.4) is 0 Å². The van der Waals surface area contributed by atoms with Crippen LogP contribution in [0.5, 0.6) is 11.5 Å². The van der Waals surface area contributed by atoms with Crippen LogP contribution in [0.4, 0.5) is 0 Å². The number of likely N-dealkylation sites (tertiary alicyclic amines) is 1. The van der Waals surface area contributed by atoms with Gasteiger partial charge >= 0.3 is 0 Å². The second-order valence-corrected chi connectivity index (χ2v) is 8.11. The van der Waals surface area contributed by atoms with Crippen molar-refractivity contribution in [1.29, 1.82) is 0 Å². The number of piperidine rings is 1. The minimum atomic E-state index is -1.86. The number of aromatic hydroxyl groups is 1. The Morgan fingerprint density at radius 2 is 2.20 bits per heavy atom. The first-order valence-corrected chi connectivity index (χ1v) is 9.07. The number of rotatable bonds is 2. The Bertz CT molecular complexity index is 954. The fraction of sp³-hybridized carbons (Fsp3) is 0.650. The summed E-state index contributed by atoms with van der Waals surface area (Å²) in [6.07, 6.45) is -3.08. The minimum absolute atomic E-state index is 0.0112. The number of phenols is 1. The van der Waals surface area contributed by atoms with Gasteiger partial charge in [-0.2, -0.15) is 0 Å². The van der Waals surface area contributed by atoms with Gasteiger partial charge < -0.3 is 14.9 Å². The molecule has 2 aliphatic heterocycles. The van der Waals surface area contributed by atoms with Crippen LogP contribution in [-0.4, -0.2) is 51.7 Å². The average Bonchev–Trinajstić information content (AvgIpc) is 2.93. The molecule has 2 bridgehead atoms. The van der Waals surface area contributed by atoms with Gasteiger partial charge in [-0.25, -0.2) is 0 Å². The van der Waals surface area contributed by atoms with E-state index in [0.29, 0.717) is 31.6 Å². The molecule has 0 aromatic heterocycles. The normalized spacial score (nSPS) is 47.8. The third-order valence-corrected chi connectivity index (χ3v) is 7.13. The molecule has 0 unspecified atom stereocenters. The zero-order valence-electron chi connectivity index (χ0n) is 17.8. The quantitative estimate of drug-likeness (QED) is 0.851. The average molecular weight is 345 g/mol. The van der Waals surface area contributed by atoms with E-state index in [1.165, 1.54) is 0 Å². The van der Waals surface area contributed by atoms with Crippen molar-refractivity contribution in [2.45, 2.75) is 61.6 Å².